The molecule has 27 heavy (non-hydrogen) atoms. The van der Waals surface area contributed by atoms with Crippen LogP contribution in [0.4, 0.5) is 4.39 Å². The average molecular weight is 509 g/mol. The van der Waals surface area contributed by atoms with Gasteiger partial charge in [0.1, 0.15) is 5.82 Å². The maximum atomic E-state index is 13.3. The lowest BCUT2D eigenvalue weighted by Gasteiger charge is -2.28. The van der Waals surface area contributed by atoms with Gasteiger partial charge in [-0.2, -0.15) is 0 Å². The molecule has 1 saturated carbocycles. The molecule has 8 heteroatoms. The molecule has 2 fully saturated rings. The molecule has 1 atom stereocenters. The van der Waals surface area contributed by atoms with Gasteiger partial charge < -0.3 is 10.6 Å². The number of halogens is 2. The lowest BCUT2D eigenvalue weighted by Crippen LogP contribution is -2.44. The van der Waals surface area contributed by atoms with Crippen LogP contribution in [-0.2, 0) is 15.3 Å². The van der Waals surface area contributed by atoms with Crippen molar-refractivity contribution in [3.8, 4) is 0 Å². The summed E-state index contributed by atoms with van der Waals surface area (Å²) >= 11 is 0. The summed E-state index contributed by atoms with van der Waals surface area (Å²) in [4.78, 5) is 4.78. The Labute approximate surface area is 178 Å². The van der Waals surface area contributed by atoms with Gasteiger partial charge in [0.25, 0.3) is 0 Å². The summed E-state index contributed by atoms with van der Waals surface area (Å²) in [5.41, 5.74) is 1.08. The number of hydrogen-bond acceptors (Lipinski definition) is 3. The van der Waals surface area contributed by atoms with Gasteiger partial charge in [-0.1, -0.05) is 25.0 Å². The van der Waals surface area contributed by atoms with Crippen LogP contribution < -0.4 is 10.6 Å². The Morgan fingerprint density at radius 2 is 1.93 bits per heavy atom. The van der Waals surface area contributed by atoms with Gasteiger partial charge in [-0.05, 0) is 43.9 Å². The van der Waals surface area contributed by atoms with E-state index in [1.807, 2.05) is 19.1 Å². The lowest BCUT2D eigenvalue weighted by atomic mass is 9.79. The van der Waals surface area contributed by atoms with Crippen LogP contribution in [-0.4, -0.2) is 45.0 Å². The summed E-state index contributed by atoms with van der Waals surface area (Å²) in [7, 11) is -2.93. The minimum atomic E-state index is -2.93. The first kappa shape index (κ1) is 22.4. The van der Waals surface area contributed by atoms with E-state index in [1.54, 1.807) is 0 Å². The highest BCUT2D eigenvalue weighted by Crippen LogP contribution is 2.41. The third-order valence-electron chi connectivity index (χ3n) is 5.47. The van der Waals surface area contributed by atoms with Gasteiger partial charge in [0.2, 0.25) is 0 Å². The van der Waals surface area contributed by atoms with Crippen molar-refractivity contribution in [2.24, 2.45) is 4.99 Å². The molecule has 2 N–H and O–H groups in total. The first-order valence-electron chi connectivity index (χ1n) is 9.44. The summed E-state index contributed by atoms with van der Waals surface area (Å²) in [6, 6.07) is 6.71. The number of guanidine groups is 1. The van der Waals surface area contributed by atoms with E-state index in [4.69, 9.17) is 4.99 Å². The fraction of sp³-hybridized carbons (Fsp3) is 0.632. The molecule has 2 aliphatic rings. The molecule has 1 aromatic rings. The third-order valence-corrected chi connectivity index (χ3v) is 7.24. The predicted molar refractivity (Wildman–Crippen MR) is 118 cm³/mol. The van der Waals surface area contributed by atoms with E-state index in [-0.39, 0.29) is 52.8 Å². The number of sulfone groups is 1. The molecule has 1 aliphatic carbocycles. The highest BCUT2D eigenvalue weighted by molar-refractivity contribution is 14.0. The second-order valence-corrected chi connectivity index (χ2v) is 9.66. The van der Waals surface area contributed by atoms with Crippen molar-refractivity contribution >= 4 is 39.8 Å². The number of rotatable bonds is 5. The van der Waals surface area contributed by atoms with Gasteiger partial charge in [0.05, 0.1) is 18.1 Å². The summed E-state index contributed by atoms with van der Waals surface area (Å²) in [6.45, 7) is 3.33. The Morgan fingerprint density at radius 3 is 2.48 bits per heavy atom. The minimum Gasteiger partial charge on any atom is -0.357 e. The molecule has 0 spiro atoms. The van der Waals surface area contributed by atoms with E-state index in [0.29, 0.717) is 18.9 Å². The number of nitrogens with one attached hydrogen (secondary N) is 2. The maximum absolute atomic E-state index is 13.3. The van der Waals surface area contributed by atoms with E-state index in [9.17, 15) is 12.8 Å². The molecule has 0 radical (unpaired) electrons. The largest absolute Gasteiger partial charge is 0.357 e. The van der Waals surface area contributed by atoms with Crippen LogP contribution in [0, 0.1) is 5.82 Å². The van der Waals surface area contributed by atoms with Gasteiger partial charge in [-0.15, -0.1) is 24.0 Å². The number of aliphatic imine (C=N–C) groups is 1. The number of hydrogen-bond donors (Lipinski definition) is 2. The Bertz CT molecular complexity index is 747. The van der Waals surface area contributed by atoms with Crippen molar-refractivity contribution in [2.75, 3.05) is 24.6 Å². The van der Waals surface area contributed by atoms with Gasteiger partial charge >= 0.3 is 0 Å². The molecular weight excluding hydrogens is 480 g/mol. The normalized spacial score (nSPS) is 23.6. The fourth-order valence-electron chi connectivity index (χ4n) is 4.05. The van der Waals surface area contributed by atoms with Crippen molar-refractivity contribution in [1.82, 2.24) is 10.6 Å². The Balaban J connectivity index is 0.00000261. The molecule has 1 aliphatic heterocycles. The second-order valence-electron chi connectivity index (χ2n) is 7.43. The summed E-state index contributed by atoms with van der Waals surface area (Å²) in [5.74, 6) is 0.857. The Kier molecular flexibility index (Phi) is 7.91. The lowest BCUT2D eigenvalue weighted by molar-refractivity contribution is 0.451. The molecule has 1 heterocycles. The molecule has 1 unspecified atom stereocenters. The third kappa shape index (κ3) is 5.79. The molecule has 1 saturated heterocycles. The van der Waals surface area contributed by atoms with Crippen molar-refractivity contribution in [3.05, 3.63) is 35.6 Å². The number of nitrogens with zero attached hydrogens (tertiary/aromatic N) is 1. The summed E-state index contributed by atoms with van der Waals surface area (Å²) in [5, 5.41) is 6.50. The van der Waals surface area contributed by atoms with E-state index in [2.05, 4.69) is 10.6 Å². The quantitative estimate of drug-likeness (QED) is 0.364. The van der Waals surface area contributed by atoms with Gasteiger partial charge in [-0.25, -0.2) is 12.8 Å². The van der Waals surface area contributed by atoms with Crippen LogP contribution in [0.25, 0.3) is 0 Å². The zero-order valence-electron chi connectivity index (χ0n) is 15.7. The Morgan fingerprint density at radius 1 is 1.26 bits per heavy atom. The zero-order valence-corrected chi connectivity index (χ0v) is 18.9. The van der Waals surface area contributed by atoms with Crippen LogP contribution in [0.15, 0.2) is 29.3 Å². The van der Waals surface area contributed by atoms with Crippen LogP contribution in [0.3, 0.4) is 0 Å². The van der Waals surface area contributed by atoms with Crippen LogP contribution in [0.5, 0.6) is 0 Å². The van der Waals surface area contributed by atoms with Gasteiger partial charge in [0.15, 0.2) is 15.8 Å². The van der Waals surface area contributed by atoms with Gasteiger partial charge in [-0.3, -0.25) is 4.99 Å². The van der Waals surface area contributed by atoms with Crippen LogP contribution in [0.1, 0.15) is 44.6 Å². The molecule has 152 valence electrons. The second kappa shape index (κ2) is 9.54. The molecule has 0 bridgehead atoms. The fourth-order valence-corrected chi connectivity index (χ4v) is 5.72. The zero-order chi connectivity index (χ0) is 18.6. The summed E-state index contributed by atoms with van der Waals surface area (Å²) < 4.78 is 36.7. The highest BCUT2D eigenvalue weighted by atomic mass is 127. The van der Waals surface area contributed by atoms with Crippen molar-refractivity contribution in [3.63, 3.8) is 0 Å². The van der Waals surface area contributed by atoms with Crippen molar-refractivity contribution in [1.29, 1.82) is 0 Å². The topological polar surface area (TPSA) is 70.6 Å². The summed E-state index contributed by atoms with van der Waals surface area (Å²) in [6.07, 6.45) is 5.00. The molecule has 1 aromatic carbocycles. The van der Waals surface area contributed by atoms with Crippen molar-refractivity contribution in [2.45, 2.75) is 50.5 Å². The van der Waals surface area contributed by atoms with E-state index >= 15 is 0 Å². The van der Waals surface area contributed by atoms with Crippen molar-refractivity contribution < 1.29 is 12.8 Å². The van der Waals surface area contributed by atoms with Crippen LogP contribution in [0.2, 0.25) is 0 Å². The first-order valence-corrected chi connectivity index (χ1v) is 11.3. The first-order chi connectivity index (χ1) is 12.4. The minimum absolute atomic E-state index is 0. The smallest absolute Gasteiger partial charge is 0.191 e. The molecule has 0 aromatic heterocycles. The van der Waals surface area contributed by atoms with Crippen LogP contribution >= 0.6 is 24.0 Å². The van der Waals surface area contributed by atoms with E-state index in [1.165, 1.54) is 12.1 Å². The molecule has 5 nitrogen and oxygen atoms in total. The van der Waals surface area contributed by atoms with Gasteiger partial charge in [0, 0.05) is 18.0 Å². The SMILES string of the molecule is CCNC(=NCC1(c2ccc(F)cc2)CCCC1)NC1CCS(=O)(=O)C1.I. The average Bonchev–Trinajstić information content (AvgIpc) is 3.21. The molecule has 3 rings (SSSR count). The maximum Gasteiger partial charge on any atom is 0.191 e. The highest BCUT2D eigenvalue weighted by Gasteiger charge is 2.36. The predicted octanol–water partition coefficient (Wildman–Crippen LogP) is 3.00. The van der Waals surface area contributed by atoms with E-state index in [0.717, 1.165) is 37.8 Å². The molecular formula is C19H29FIN3O2S. The Hall–Kier alpha value is -0.900. The van der Waals surface area contributed by atoms with E-state index < -0.39 is 9.84 Å². The monoisotopic (exact) mass is 509 g/mol. The standard InChI is InChI=1S/C19H28FN3O2S.HI/c1-2-21-18(23-17-9-12-26(24,25)13-17)22-14-19(10-3-4-11-19)15-5-7-16(20)8-6-15;/h5-8,17H,2-4,9-14H2,1H3,(H2,21,22,23);1H. The number of benzene rings is 1. The molecule has 0 amide bonds.